The highest BCUT2D eigenvalue weighted by Gasteiger charge is 2.14. The fourth-order valence-corrected chi connectivity index (χ4v) is 2.79. The number of carbonyl (C=O) groups is 1. The summed E-state index contributed by atoms with van der Waals surface area (Å²) < 4.78 is 1.87. The van der Waals surface area contributed by atoms with Crippen molar-refractivity contribution in [2.24, 2.45) is 0 Å². The molecular formula is C15H13Br2NO2. The van der Waals surface area contributed by atoms with Gasteiger partial charge in [0.2, 0.25) is 0 Å². The Hall–Kier alpha value is -1.33. The molecule has 0 aliphatic heterocycles. The first-order chi connectivity index (χ1) is 9.47. The van der Waals surface area contributed by atoms with Crippen LogP contribution in [0.15, 0.2) is 51.4 Å². The summed E-state index contributed by atoms with van der Waals surface area (Å²) in [5.41, 5.74) is 2.09. The summed E-state index contributed by atoms with van der Waals surface area (Å²) in [5, 5.41) is 9.27. The molecule has 5 heteroatoms. The zero-order chi connectivity index (χ0) is 14.7. The molecule has 0 amide bonds. The molecule has 0 saturated heterocycles. The van der Waals surface area contributed by atoms with Crippen molar-refractivity contribution in [2.45, 2.75) is 6.54 Å². The highest BCUT2D eigenvalue weighted by Crippen LogP contribution is 2.26. The lowest BCUT2D eigenvalue weighted by atomic mass is 10.1. The lowest BCUT2D eigenvalue weighted by Gasteiger charge is -2.21. The van der Waals surface area contributed by atoms with E-state index < -0.39 is 5.97 Å². The zero-order valence-electron chi connectivity index (χ0n) is 10.8. The quantitative estimate of drug-likeness (QED) is 0.821. The predicted molar refractivity (Wildman–Crippen MR) is 87.4 cm³/mol. The van der Waals surface area contributed by atoms with Crippen molar-refractivity contribution < 1.29 is 9.90 Å². The van der Waals surface area contributed by atoms with Crippen molar-refractivity contribution in [3.05, 3.63) is 62.5 Å². The molecule has 104 valence electrons. The molecule has 1 N–H and O–H groups in total. The lowest BCUT2D eigenvalue weighted by Crippen LogP contribution is -2.19. The highest BCUT2D eigenvalue weighted by atomic mass is 79.9. The minimum atomic E-state index is -0.923. The molecule has 0 bridgehead atoms. The number of carboxylic acids is 1. The van der Waals surface area contributed by atoms with Crippen molar-refractivity contribution in [2.75, 3.05) is 11.9 Å². The Morgan fingerprint density at radius 1 is 1.15 bits per heavy atom. The zero-order valence-corrected chi connectivity index (χ0v) is 14.0. The van der Waals surface area contributed by atoms with Gasteiger partial charge in [-0.3, -0.25) is 0 Å². The number of hydrogen-bond donors (Lipinski definition) is 1. The molecule has 0 aliphatic rings. The summed E-state index contributed by atoms with van der Waals surface area (Å²) in [6.45, 7) is 0.635. The van der Waals surface area contributed by atoms with Crippen LogP contribution < -0.4 is 4.90 Å². The second-order valence-electron chi connectivity index (χ2n) is 4.45. The van der Waals surface area contributed by atoms with Crippen LogP contribution in [-0.4, -0.2) is 18.1 Å². The minimum Gasteiger partial charge on any atom is -0.478 e. The van der Waals surface area contributed by atoms with Gasteiger partial charge in [-0.05, 0) is 35.9 Å². The van der Waals surface area contributed by atoms with Crippen molar-refractivity contribution in [3.8, 4) is 0 Å². The van der Waals surface area contributed by atoms with E-state index in [1.54, 1.807) is 12.1 Å². The number of rotatable bonds is 4. The van der Waals surface area contributed by atoms with Crippen molar-refractivity contribution in [1.82, 2.24) is 0 Å². The average molecular weight is 399 g/mol. The topological polar surface area (TPSA) is 40.5 Å². The highest BCUT2D eigenvalue weighted by molar-refractivity contribution is 9.10. The minimum absolute atomic E-state index is 0.297. The van der Waals surface area contributed by atoms with E-state index in [1.807, 2.05) is 42.3 Å². The monoisotopic (exact) mass is 397 g/mol. The molecule has 0 aromatic heterocycles. The fourth-order valence-electron chi connectivity index (χ4n) is 2.00. The van der Waals surface area contributed by atoms with Crippen molar-refractivity contribution >= 4 is 43.5 Å². The predicted octanol–water partition coefficient (Wildman–Crippen LogP) is 4.55. The molecule has 2 rings (SSSR count). The van der Waals surface area contributed by atoms with Gasteiger partial charge in [0, 0.05) is 22.5 Å². The van der Waals surface area contributed by atoms with Crippen LogP contribution in [0.3, 0.4) is 0 Å². The third-order valence-corrected chi connectivity index (χ3v) is 3.90. The van der Waals surface area contributed by atoms with E-state index in [9.17, 15) is 9.90 Å². The molecule has 0 unspecified atom stereocenters. The first-order valence-electron chi connectivity index (χ1n) is 5.96. The molecule has 0 heterocycles. The number of nitrogens with zero attached hydrogens (tertiary/aromatic N) is 1. The summed E-state index contributed by atoms with van der Waals surface area (Å²) in [4.78, 5) is 13.2. The van der Waals surface area contributed by atoms with Gasteiger partial charge in [0.25, 0.3) is 0 Å². The SMILES string of the molecule is CN(Cc1cccc(Br)c1)c1cc(Br)ccc1C(=O)O. The van der Waals surface area contributed by atoms with Gasteiger partial charge in [-0.1, -0.05) is 44.0 Å². The molecule has 20 heavy (non-hydrogen) atoms. The van der Waals surface area contributed by atoms with Crippen LogP contribution in [0.5, 0.6) is 0 Å². The van der Waals surface area contributed by atoms with Crippen LogP contribution in [0.25, 0.3) is 0 Å². The maximum atomic E-state index is 11.3. The maximum absolute atomic E-state index is 11.3. The van der Waals surface area contributed by atoms with Crippen LogP contribution in [0.1, 0.15) is 15.9 Å². The van der Waals surface area contributed by atoms with E-state index in [0.717, 1.165) is 14.5 Å². The summed E-state index contributed by atoms with van der Waals surface area (Å²) in [7, 11) is 1.88. The first-order valence-corrected chi connectivity index (χ1v) is 7.54. The van der Waals surface area contributed by atoms with Gasteiger partial charge in [0.15, 0.2) is 0 Å². The number of hydrogen-bond acceptors (Lipinski definition) is 2. The van der Waals surface area contributed by atoms with Crippen LogP contribution in [0.4, 0.5) is 5.69 Å². The molecule has 3 nitrogen and oxygen atoms in total. The molecule has 0 aliphatic carbocycles. The maximum Gasteiger partial charge on any atom is 0.337 e. The molecule has 0 spiro atoms. The number of aromatic carboxylic acids is 1. The number of carboxylic acid groups (broad SMARTS) is 1. The molecule has 2 aromatic rings. The van der Waals surface area contributed by atoms with Crippen LogP contribution in [-0.2, 0) is 6.54 Å². The van der Waals surface area contributed by atoms with Crippen molar-refractivity contribution in [1.29, 1.82) is 0 Å². The summed E-state index contributed by atoms with van der Waals surface area (Å²) in [6, 6.07) is 13.1. The number of halogens is 2. The largest absolute Gasteiger partial charge is 0.478 e. The Kier molecular flexibility index (Phi) is 4.83. The lowest BCUT2D eigenvalue weighted by molar-refractivity contribution is 0.0697. The van der Waals surface area contributed by atoms with Gasteiger partial charge in [-0.25, -0.2) is 4.79 Å². The van der Waals surface area contributed by atoms with Crippen LogP contribution in [0, 0.1) is 0 Å². The first kappa shape index (κ1) is 15.1. The summed E-state index contributed by atoms with van der Waals surface area (Å²) in [6.07, 6.45) is 0. The Labute approximate surface area is 134 Å². The standard InChI is InChI=1S/C15H13Br2NO2/c1-18(9-10-3-2-4-11(16)7-10)14-8-12(17)5-6-13(14)15(19)20/h2-8H,9H2,1H3,(H,19,20). The second kappa shape index (κ2) is 6.41. The molecule has 0 fully saturated rings. The third kappa shape index (κ3) is 3.61. The Morgan fingerprint density at radius 2 is 1.85 bits per heavy atom. The smallest absolute Gasteiger partial charge is 0.337 e. The number of anilines is 1. The van der Waals surface area contributed by atoms with Gasteiger partial charge in [-0.15, -0.1) is 0 Å². The van der Waals surface area contributed by atoms with Gasteiger partial charge >= 0.3 is 5.97 Å². The van der Waals surface area contributed by atoms with E-state index >= 15 is 0 Å². The van der Waals surface area contributed by atoms with Gasteiger partial charge < -0.3 is 10.0 Å². The molecule has 0 radical (unpaired) electrons. The molecule has 0 atom stereocenters. The summed E-state index contributed by atoms with van der Waals surface area (Å²) >= 11 is 6.82. The Balaban J connectivity index is 2.31. The second-order valence-corrected chi connectivity index (χ2v) is 6.28. The van der Waals surface area contributed by atoms with Crippen LogP contribution >= 0.6 is 31.9 Å². The molecule has 2 aromatic carbocycles. The average Bonchev–Trinajstić information content (AvgIpc) is 2.38. The normalized spacial score (nSPS) is 10.3. The fraction of sp³-hybridized carbons (Fsp3) is 0.133. The van der Waals surface area contributed by atoms with E-state index in [-0.39, 0.29) is 0 Å². The molecule has 0 saturated carbocycles. The van der Waals surface area contributed by atoms with Crippen LogP contribution in [0.2, 0.25) is 0 Å². The van der Waals surface area contributed by atoms with E-state index in [2.05, 4.69) is 31.9 Å². The van der Waals surface area contributed by atoms with E-state index in [4.69, 9.17) is 0 Å². The van der Waals surface area contributed by atoms with E-state index in [0.29, 0.717) is 17.8 Å². The third-order valence-electron chi connectivity index (χ3n) is 2.91. The van der Waals surface area contributed by atoms with Gasteiger partial charge in [0.1, 0.15) is 0 Å². The van der Waals surface area contributed by atoms with Gasteiger partial charge in [0.05, 0.1) is 11.3 Å². The van der Waals surface area contributed by atoms with Gasteiger partial charge in [-0.2, -0.15) is 0 Å². The summed E-state index contributed by atoms with van der Waals surface area (Å²) in [5.74, 6) is -0.923. The Bertz CT molecular complexity index is 644. The Morgan fingerprint density at radius 3 is 2.50 bits per heavy atom. The number of benzene rings is 2. The molecular weight excluding hydrogens is 386 g/mol. The van der Waals surface area contributed by atoms with Crippen molar-refractivity contribution in [3.63, 3.8) is 0 Å². The van der Waals surface area contributed by atoms with E-state index in [1.165, 1.54) is 0 Å².